The molecule has 0 heterocycles. The summed E-state index contributed by atoms with van der Waals surface area (Å²) in [7, 11) is 0. The number of rotatable bonds is 10. The highest BCUT2D eigenvalue weighted by Crippen LogP contribution is 1.97. The molecule has 0 spiro atoms. The average Bonchev–Trinajstić information content (AvgIpc) is 2.19. The lowest BCUT2D eigenvalue weighted by Gasteiger charge is -2.12. The van der Waals surface area contributed by atoms with E-state index in [1.165, 1.54) is 0 Å². The van der Waals surface area contributed by atoms with Crippen LogP contribution in [0, 0.1) is 0 Å². The van der Waals surface area contributed by atoms with Gasteiger partial charge in [-0.3, -0.25) is 0 Å². The van der Waals surface area contributed by atoms with Gasteiger partial charge in [-0.15, -0.1) is 0 Å². The zero-order chi connectivity index (χ0) is 11.5. The highest BCUT2D eigenvalue weighted by atomic mass is 16.5. The van der Waals surface area contributed by atoms with Crippen LogP contribution < -0.4 is 5.32 Å². The molecule has 15 heavy (non-hydrogen) atoms. The third kappa shape index (κ3) is 11.8. The fourth-order valence-electron chi connectivity index (χ4n) is 1.24. The predicted molar refractivity (Wildman–Crippen MR) is 60.7 cm³/mol. The smallest absolute Gasteiger partial charge is 0.151 e. The molecule has 0 aromatic heterocycles. The number of aliphatic hydroxyl groups is 2. The average molecular weight is 219 g/mol. The first-order valence-electron chi connectivity index (χ1n) is 5.85. The van der Waals surface area contributed by atoms with Crippen LogP contribution in [-0.2, 0) is 4.74 Å². The molecule has 0 rings (SSSR count). The van der Waals surface area contributed by atoms with E-state index in [-0.39, 0.29) is 0 Å². The molecular weight excluding hydrogens is 194 g/mol. The third-order valence-electron chi connectivity index (χ3n) is 2.15. The molecule has 3 N–H and O–H groups in total. The van der Waals surface area contributed by atoms with Crippen molar-refractivity contribution in [2.45, 2.75) is 51.9 Å². The summed E-state index contributed by atoms with van der Waals surface area (Å²) >= 11 is 0. The first kappa shape index (κ1) is 14.8. The maximum absolute atomic E-state index is 8.60. The normalized spacial score (nSPS) is 13.4. The van der Waals surface area contributed by atoms with Crippen molar-refractivity contribution < 1.29 is 14.9 Å². The van der Waals surface area contributed by atoms with Gasteiger partial charge in [0.25, 0.3) is 0 Å². The second-order valence-electron chi connectivity index (χ2n) is 3.84. The highest BCUT2D eigenvalue weighted by Gasteiger charge is 2.01. The van der Waals surface area contributed by atoms with Gasteiger partial charge in [-0.1, -0.05) is 6.92 Å². The van der Waals surface area contributed by atoms with Crippen LogP contribution in [0.25, 0.3) is 0 Å². The maximum atomic E-state index is 8.60. The fraction of sp³-hybridized carbons (Fsp3) is 1.00. The maximum Gasteiger partial charge on any atom is 0.151 e. The molecule has 0 fully saturated rings. The van der Waals surface area contributed by atoms with Gasteiger partial charge in [0, 0.05) is 6.61 Å². The molecule has 0 aromatic rings. The Hall–Kier alpha value is -0.160. The zero-order valence-corrected chi connectivity index (χ0v) is 9.91. The van der Waals surface area contributed by atoms with Crippen molar-refractivity contribution >= 4 is 0 Å². The standard InChI is InChI=1S/C11H25NO3/c1-3-9-15-10(2)6-8-12-7-4-5-11(13)14/h10-14H,3-9H2,1-2H3/t10-/m0/s1. The molecule has 0 bridgehead atoms. The number of aliphatic hydroxyl groups excluding tert-OH is 1. The minimum absolute atomic E-state index is 0.306. The molecule has 0 aromatic carbocycles. The summed E-state index contributed by atoms with van der Waals surface area (Å²) in [6.45, 7) is 6.77. The first-order valence-corrected chi connectivity index (χ1v) is 5.85. The molecule has 0 amide bonds. The Balaban J connectivity index is 3.09. The lowest BCUT2D eigenvalue weighted by molar-refractivity contribution is -0.0461. The quantitative estimate of drug-likeness (QED) is 0.377. The van der Waals surface area contributed by atoms with Crippen LogP contribution in [0.15, 0.2) is 0 Å². The van der Waals surface area contributed by atoms with Crippen molar-refractivity contribution in [2.24, 2.45) is 0 Å². The minimum Gasteiger partial charge on any atom is -0.378 e. The number of nitrogens with one attached hydrogen (secondary N) is 1. The van der Waals surface area contributed by atoms with Gasteiger partial charge in [0.2, 0.25) is 0 Å². The number of hydrogen-bond donors (Lipinski definition) is 3. The molecule has 0 saturated carbocycles. The summed E-state index contributed by atoms with van der Waals surface area (Å²) < 4.78 is 5.52. The van der Waals surface area contributed by atoms with Crippen LogP contribution in [0.5, 0.6) is 0 Å². The van der Waals surface area contributed by atoms with E-state index in [0.717, 1.165) is 39.0 Å². The Kier molecular flexibility index (Phi) is 10.3. The van der Waals surface area contributed by atoms with E-state index in [4.69, 9.17) is 14.9 Å². The lowest BCUT2D eigenvalue weighted by Crippen LogP contribution is -2.22. The van der Waals surface area contributed by atoms with Crippen LogP contribution in [0.4, 0.5) is 0 Å². The molecular formula is C11H25NO3. The summed E-state index contributed by atoms with van der Waals surface area (Å²) in [4.78, 5) is 0. The summed E-state index contributed by atoms with van der Waals surface area (Å²) in [6, 6.07) is 0. The SMILES string of the molecule is CCCO[C@@H](C)CCNCCCC(O)O. The predicted octanol–water partition coefficient (Wildman–Crippen LogP) is 0.872. The second kappa shape index (κ2) is 10.4. The summed E-state index contributed by atoms with van der Waals surface area (Å²) in [5, 5.41) is 20.4. The molecule has 0 saturated heterocycles. The minimum atomic E-state index is -1.17. The van der Waals surface area contributed by atoms with Gasteiger partial charge < -0.3 is 20.3 Å². The van der Waals surface area contributed by atoms with Gasteiger partial charge in [0.1, 0.15) is 0 Å². The van der Waals surface area contributed by atoms with Gasteiger partial charge in [0.05, 0.1) is 6.10 Å². The van der Waals surface area contributed by atoms with Crippen LogP contribution >= 0.6 is 0 Å². The molecule has 0 aliphatic carbocycles. The first-order chi connectivity index (χ1) is 7.16. The summed E-state index contributed by atoms with van der Waals surface area (Å²) in [5.41, 5.74) is 0. The molecule has 0 radical (unpaired) electrons. The molecule has 0 aliphatic heterocycles. The fourth-order valence-corrected chi connectivity index (χ4v) is 1.24. The van der Waals surface area contributed by atoms with Crippen molar-refractivity contribution in [1.29, 1.82) is 0 Å². The Labute approximate surface area is 92.6 Å². The molecule has 4 heteroatoms. The Morgan fingerprint density at radius 3 is 2.53 bits per heavy atom. The third-order valence-corrected chi connectivity index (χ3v) is 2.15. The van der Waals surface area contributed by atoms with Crippen molar-refractivity contribution in [2.75, 3.05) is 19.7 Å². The van der Waals surface area contributed by atoms with E-state index >= 15 is 0 Å². The van der Waals surface area contributed by atoms with E-state index in [2.05, 4.69) is 19.2 Å². The van der Waals surface area contributed by atoms with Gasteiger partial charge in [-0.25, -0.2) is 0 Å². The van der Waals surface area contributed by atoms with Crippen LogP contribution in [0.2, 0.25) is 0 Å². The molecule has 0 aliphatic rings. The van der Waals surface area contributed by atoms with Crippen molar-refractivity contribution in [3.63, 3.8) is 0 Å². The van der Waals surface area contributed by atoms with E-state index in [0.29, 0.717) is 12.5 Å². The van der Waals surface area contributed by atoms with Gasteiger partial charge in [-0.2, -0.15) is 0 Å². The van der Waals surface area contributed by atoms with E-state index in [1.807, 2.05) is 0 Å². The van der Waals surface area contributed by atoms with Crippen molar-refractivity contribution in [1.82, 2.24) is 5.32 Å². The van der Waals surface area contributed by atoms with Gasteiger partial charge in [-0.05, 0) is 45.7 Å². The van der Waals surface area contributed by atoms with Gasteiger partial charge >= 0.3 is 0 Å². The van der Waals surface area contributed by atoms with Crippen molar-refractivity contribution in [3.8, 4) is 0 Å². The summed E-state index contributed by atoms with van der Waals surface area (Å²) in [6.07, 6.45) is 2.43. The molecule has 92 valence electrons. The topological polar surface area (TPSA) is 61.7 Å². The van der Waals surface area contributed by atoms with Crippen molar-refractivity contribution in [3.05, 3.63) is 0 Å². The highest BCUT2D eigenvalue weighted by molar-refractivity contribution is 4.55. The monoisotopic (exact) mass is 219 g/mol. The van der Waals surface area contributed by atoms with Gasteiger partial charge in [0.15, 0.2) is 6.29 Å². The van der Waals surface area contributed by atoms with Crippen LogP contribution in [-0.4, -0.2) is 42.3 Å². The zero-order valence-electron chi connectivity index (χ0n) is 9.91. The van der Waals surface area contributed by atoms with Crippen LogP contribution in [0.1, 0.15) is 39.5 Å². The van der Waals surface area contributed by atoms with Crippen LogP contribution in [0.3, 0.4) is 0 Å². The second-order valence-corrected chi connectivity index (χ2v) is 3.84. The van der Waals surface area contributed by atoms with E-state index < -0.39 is 6.29 Å². The molecule has 0 unspecified atom stereocenters. The van der Waals surface area contributed by atoms with E-state index in [9.17, 15) is 0 Å². The number of ether oxygens (including phenoxy) is 1. The molecule has 1 atom stereocenters. The Morgan fingerprint density at radius 1 is 1.20 bits per heavy atom. The Morgan fingerprint density at radius 2 is 1.93 bits per heavy atom. The lowest BCUT2D eigenvalue weighted by atomic mass is 10.2. The Bertz CT molecular complexity index is 131. The number of hydrogen-bond acceptors (Lipinski definition) is 4. The summed E-state index contributed by atoms with van der Waals surface area (Å²) in [5.74, 6) is 0. The van der Waals surface area contributed by atoms with E-state index in [1.54, 1.807) is 0 Å². The molecule has 4 nitrogen and oxygen atoms in total. The largest absolute Gasteiger partial charge is 0.378 e.